The lowest BCUT2D eigenvalue weighted by atomic mass is 10.1. The average Bonchev–Trinajstić information content (AvgIpc) is 3.04. The van der Waals surface area contributed by atoms with Gasteiger partial charge in [-0.15, -0.1) is 0 Å². The Kier molecular flexibility index (Phi) is 5.47. The number of aryl methyl sites for hydroxylation is 1. The summed E-state index contributed by atoms with van der Waals surface area (Å²) in [7, 11) is 1.53. The molecular weight excluding hydrogens is 352 g/mol. The maximum Gasteiger partial charge on any atom is 0.229 e. The second-order valence-corrected chi connectivity index (χ2v) is 6.70. The van der Waals surface area contributed by atoms with Gasteiger partial charge in [-0.25, -0.2) is 0 Å². The van der Waals surface area contributed by atoms with E-state index >= 15 is 0 Å². The second kappa shape index (κ2) is 7.79. The first-order valence-corrected chi connectivity index (χ1v) is 8.93. The van der Waals surface area contributed by atoms with Gasteiger partial charge in [0.15, 0.2) is 0 Å². The number of anilines is 2. The van der Waals surface area contributed by atoms with Crippen molar-refractivity contribution in [1.29, 1.82) is 0 Å². The zero-order valence-corrected chi connectivity index (χ0v) is 15.5. The van der Waals surface area contributed by atoms with Gasteiger partial charge in [0.1, 0.15) is 5.75 Å². The number of carbonyl (C=O) groups excluding carboxylic acids is 2. The SMILES string of the molecule is CCc1cccc(N2C[C@H](C(=O)Nc3cc(Cl)ccc3OC)CC2=O)c1. The molecule has 2 aromatic carbocycles. The summed E-state index contributed by atoms with van der Waals surface area (Å²) < 4.78 is 5.25. The Morgan fingerprint density at radius 1 is 1.31 bits per heavy atom. The molecule has 0 aromatic heterocycles. The molecule has 1 atom stereocenters. The summed E-state index contributed by atoms with van der Waals surface area (Å²) >= 11 is 6.00. The van der Waals surface area contributed by atoms with E-state index < -0.39 is 5.92 Å². The molecule has 0 unspecified atom stereocenters. The van der Waals surface area contributed by atoms with Gasteiger partial charge in [0.2, 0.25) is 11.8 Å². The van der Waals surface area contributed by atoms with Crippen LogP contribution in [0.15, 0.2) is 42.5 Å². The van der Waals surface area contributed by atoms with Gasteiger partial charge in [-0.2, -0.15) is 0 Å². The smallest absolute Gasteiger partial charge is 0.229 e. The van der Waals surface area contributed by atoms with E-state index in [0.29, 0.717) is 23.0 Å². The minimum absolute atomic E-state index is 0.0449. The molecule has 26 heavy (non-hydrogen) atoms. The lowest BCUT2D eigenvalue weighted by molar-refractivity contribution is -0.122. The molecule has 0 aliphatic carbocycles. The van der Waals surface area contributed by atoms with E-state index in [1.165, 1.54) is 7.11 Å². The summed E-state index contributed by atoms with van der Waals surface area (Å²) in [4.78, 5) is 26.7. The van der Waals surface area contributed by atoms with Crippen LogP contribution in [-0.4, -0.2) is 25.5 Å². The minimum Gasteiger partial charge on any atom is -0.495 e. The molecule has 0 saturated carbocycles. The molecule has 3 rings (SSSR count). The van der Waals surface area contributed by atoms with Crippen LogP contribution in [-0.2, 0) is 16.0 Å². The largest absolute Gasteiger partial charge is 0.495 e. The Morgan fingerprint density at radius 3 is 2.85 bits per heavy atom. The topological polar surface area (TPSA) is 58.6 Å². The highest BCUT2D eigenvalue weighted by Gasteiger charge is 2.35. The fourth-order valence-corrected chi connectivity index (χ4v) is 3.26. The van der Waals surface area contributed by atoms with Crippen molar-refractivity contribution in [2.45, 2.75) is 19.8 Å². The van der Waals surface area contributed by atoms with Gasteiger partial charge in [-0.3, -0.25) is 9.59 Å². The second-order valence-electron chi connectivity index (χ2n) is 6.26. The van der Waals surface area contributed by atoms with E-state index in [0.717, 1.165) is 17.7 Å². The van der Waals surface area contributed by atoms with Gasteiger partial charge in [-0.1, -0.05) is 30.7 Å². The van der Waals surface area contributed by atoms with Crippen molar-refractivity contribution in [3.05, 3.63) is 53.1 Å². The number of nitrogens with one attached hydrogen (secondary N) is 1. The fourth-order valence-electron chi connectivity index (χ4n) is 3.09. The summed E-state index contributed by atoms with van der Waals surface area (Å²) in [5, 5.41) is 3.33. The first-order valence-electron chi connectivity index (χ1n) is 8.55. The molecule has 1 fully saturated rings. The van der Waals surface area contributed by atoms with E-state index in [2.05, 4.69) is 12.2 Å². The van der Waals surface area contributed by atoms with Crippen molar-refractivity contribution < 1.29 is 14.3 Å². The van der Waals surface area contributed by atoms with Crippen molar-refractivity contribution in [3.63, 3.8) is 0 Å². The summed E-state index contributed by atoms with van der Waals surface area (Å²) in [6.07, 6.45) is 1.08. The van der Waals surface area contributed by atoms with E-state index in [9.17, 15) is 9.59 Å². The molecule has 0 spiro atoms. The van der Waals surface area contributed by atoms with E-state index in [4.69, 9.17) is 16.3 Å². The van der Waals surface area contributed by atoms with E-state index in [1.54, 1.807) is 23.1 Å². The molecule has 5 nitrogen and oxygen atoms in total. The van der Waals surface area contributed by atoms with E-state index in [-0.39, 0.29) is 18.2 Å². The molecule has 6 heteroatoms. The van der Waals surface area contributed by atoms with Gasteiger partial charge < -0.3 is 15.0 Å². The van der Waals surface area contributed by atoms with Gasteiger partial charge in [0.25, 0.3) is 0 Å². The number of nitrogens with zero attached hydrogens (tertiary/aromatic N) is 1. The van der Waals surface area contributed by atoms with Crippen LogP contribution in [0.3, 0.4) is 0 Å². The number of carbonyl (C=O) groups is 2. The summed E-state index contributed by atoms with van der Waals surface area (Å²) in [6.45, 7) is 2.43. The maximum absolute atomic E-state index is 12.7. The molecule has 1 aliphatic heterocycles. The molecule has 0 bridgehead atoms. The number of benzene rings is 2. The van der Waals surface area contributed by atoms with E-state index in [1.807, 2.05) is 24.3 Å². The Hall–Kier alpha value is -2.53. The van der Waals surface area contributed by atoms with Gasteiger partial charge in [0.05, 0.1) is 18.7 Å². The van der Waals surface area contributed by atoms with Crippen LogP contribution in [0.1, 0.15) is 18.9 Å². The lowest BCUT2D eigenvalue weighted by Crippen LogP contribution is -2.28. The Balaban J connectivity index is 1.74. The first-order chi connectivity index (χ1) is 12.5. The van der Waals surface area contributed by atoms with Gasteiger partial charge in [-0.05, 0) is 42.3 Å². The van der Waals surface area contributed by atoms with Crippen molar-refractivity contribution in [1.82, 2.24) is 0 Å². The molecule has 136 valence electrons. The summed E-state index contributed by atoms with van der Waals surface area (Å²) in [5.74, 6) is -0.152. The monoisotopic (exact) mass is 372 g/mol. The molecule has 1 saturated heterocycles. The zero-order valence-electron chi connectivity index (χ0n) is 14.8. The first kappa shape index (κ1) is 18.3. The predicted molar refractivity (Wildman–Crippen MR) is 103 cm³/mol. The van der Waals surface area contributed by atoms with Crippen LogP contribution in [0.4, 0.5) is 11.4 Å². The summed E-state index contributed by atoms with van der Waals surface area (Å²) in [6, 6.07) is 12.9. The number of hydrogen-bond acceptors (Lipinski definition) is 3. The maximum atomic E-state index is 12.7. The van der Waals surface area contributed by atoms with Crippen molar-refractivity contribution >= 4 is 34.8 Å². The van der Waals surface area contributed by atoms with Crippen molar-refractivity contribution in [2.24, 2.45) is 5.92 Å². The van der Waals surface area contributed by atoms with Gasteiger partial charge in [0, 0.05) is 23.7 Å². The molecular formula is C20H21ClN2O3. The molecule has 2 amide bonds. The number of hydrogen-bond donors (Lipinski definition) is 1. The molecule has 0 radical (unpaired) electrons. The number of amides is 2. The number of methoxy groups -OCH3 is 1. The molecule has 1 heterocycles. The third-order valence-corrected chi connectivity index (χ3v) is 4.78. The van der Waals surface area contributed by atoms with Crippen LogP contribution in [0.2, 0.25) is 5.02 Å². The third kappa shape index (κ3) is 3.83. The number of ether oxygens (including phenoxy) is 1. The highest BCUT2D eigenvalue weighted by molar-refractivity contribution is 6.31. The summed E-state index contributed by atoms with van der Waals surface area (Å²) in [5.41, 5.74) is 2.50. The highest BCUT2D eigenvalue weighted by atomic mass is 35.5. The lowest BCUT2D eigenvalue weighted by Gasteiger charge is -2.18. The average molecular weight is 373 g/mol. The Morgan fingerprint density at radius 2 is 2.12 bits per heavy atom. The normalized spacial score (nSPS) is 16.7. The van der Waals surface area contributed by atoms with Crippen molar-refractivity contribution in [3.8, 4) is 5.75 Å². The molecule has 1 aliphatic rings. The standard InChI is InChI=1S/C20H21ClN2O3/c1-3-13-5-4-6-16(9-13)23-12-14(10-19(23)24)20(25)22-17-11-15(21)7-8-18(17)26-2/h4-9,11,14H,3,10,12H2,1-2H3,(H,22,25)/t14-/m1/s1. The Bertz CT molecular complexity index is 838. The van der Waals surface area contributed by atoms with Crippen LogP contribution in [0.25, 0.3) is 0 Å². The quantitative estimate of drug-likeness (QED) is 0.865. The molecule has 1 N–H and O–H groups in total. The van der Waals surface area contributed by atoms with Crippen LogP contribution in [0, 0.1) is 5.92 Å². The van der Waals surface area contributed by atoms with Crippen LogP contribution >= 0.6 is 11.6 Å². The number of halogens is 1. The Labute approximate surface area is 157 Å². The fraction of sp³-hybridized carbons (Fsp3) is 0.300. The highest BCUT2D eigenvalue weighted by Crippen LogP contribution is 2.30. The zero-order chi connectivity index (χ0) is 18.7. The third-order valence-electron chi connectivity index (χ3n) is 4.55. The van der Waals surface area contributed by atoms with Crippen molar-refractivity contribution in [2.75, 3.05) is 23.9 Å². The predicted octanol–water partition coefficient (Wildman–Crippen LogP) is 3.90. The molecule has 2 aromatic rings. The van der Waals surface area contributed by atoms with Crippen LogP contribution < -0.4 is 15.0 Å². The number of rotatable bonds is 5. The minimum atomic E-state index is -0.420. The van der Waals surface area contributed by atoms with Gasteiger partial charge >= 0.3 is 0 Å². The van der Waals surface area contributed by atoms with Crippen LogP contribution in [0.5, 0.6) is 5.75 Å².